The van der Waals surface area contributed by atoms with E-state index < -0.39 is 16.1 Å². The van der Waals surface area contributed by atoms with Crippen LogP contribution in [0, 0.1) is 13.8 Å². The highest BCUT2D eigenvalue weighted by atomic mass is 32.2. The summed E-state index contributed by atoms with van der Waals surface area (Å²) in [6, 6.07) is 6.14. The lowest BCUT2D eigenvalue weighted by molar-refractivity contribution is -0.124. The number of hydrogen-bond donors (Lipinski definition) is 1. The number of thiazole rings is 1. The van der Waals surface area contributed by atoms with Crippen LogP contribution in [0.2, 0.25) is 0 Å². The largest absolute Gasteiger partial charge is 0.349 e. The van der Waals surface area contributed by atoms with Crippen LogP contribution in [0.1, 0.15) is 16.3 Å². The van der Waals surface area contributed by atoms with Crippen LogP contribution >= 0.6 is 23.1 Å². The van der Waals surface area contributed by atoms with Gasteiger partial charge in [-0.2, -0.15) is 4.31 Å². The van der Waals surface area contributed by atoms with E-state index in [9.17, 15) is 13.2 Å². The number of nitrogens with one attached hydrogen (secondary N) is 1. The number of thioether (sulfide) groups is 1. The van der Waals surface area contributed by atoms with Gasteiger partial charge >= 0.3 is 0 Å². The van der Waals surface area contributed by atoms with Crippen LogP contribution in [0.4, 0.5) is 0 Å². The fraction of sp³-hybridized carbons (Fsp3) is 0.375. The molecule has 1 aromatic carbocycles. The van der Waals surface area contributed by atoms with Crippen LogP contribution in [-0.4, -0.2) is 41.3 Å². The lowest BCUT2D eigenvalue weighted by Crippen LogP contribution is -2.47. The van der Waals surface area contributed by atoms with Crippen LogP contribution in [0.15, 0.2) is 34.5 Å². The molecule has 1 atom stereocenters. The Morgan fingerprint density at radius 3 is 2.80 bits per heavy atom. The van der Waals surface area contributed by atoms with E-state index in [1.165, 1.54) is 27.4 Å². The number of nitrogens with zero attached hydrogens (tertiary/aromatic N) is 2. The molecule has 134 valence electrons. The van der Waals surface area contributed by atoms with E-state index in [1.807, 2.05) is 12.3 Å². The predicted molar refractivity (Wildman–Crippen MR) is 100 cm³/mol. The molecule has 2 aromatic rings. The van der Waals surface area contributed by atoms with Crippen LogP contribution < -0.4 is 5.32 Å². The van der Waals surface area contributed by atoms with Gasteiger partial charge in [0.2, 0.25) is 15.9 Å². The summed E-state index contributed by atoms with van der Waals surface area (Å²) in [4.78, 5) is 17.1. The Kier molecular flexibility index (Phi) is 5.47. The summed E-state index contributed by atoms with van der Waals surface area (Å²) in [5.74, 6) is 0.449. The van der Waals surface area contributed by atoms with E-state index in [-0.39, 0.29) is 16.7 Å². The zero-order valence-electron chi connectivity index (χ0n) is 13.9. The second kappa shape index (κ2) is 7.45. The van der Waals surface area contributed by atoms with Gasteiger partial charge < -0.3 is 5.32 Å². The number of rotatable bonds is 5. The highest BCUT2D eigenvalue weighted by molar-refractivity contribution is 8.00. The monoisotopic (exact) mass is 397 g/mol. The molecule has 1 saturated heterocycles. The number of amides is 1. The van der Waals surface area contributed by atoms with E-state index in [0.717, 1.165) is 10.7 Å². The average Bonchev–Trinajstić information content (AvgIpc) is 3.22. The fourth-order valence-electron chi connectivity index (χ4n) is 2.63. The van der Waals surface area contributed by atoms with Crippen LogP contribution in [0.3, 0.4) is 0 Å². The molecular weight excluding hydrogens is 378 g/mol. The van der Waals surface area contributed by atoms with Gasteiger partial charge in [0.25, 0.3) is 0 Å². The number of benzene rings is 1. The van der Waals surface area contributed by atoms with Crippen molar-refractivity contribution in [3.05, 3.63) is 45.9 Å². The van der Waals surface area contributed by atoms with Gasteiger partial charge in [-0.15, -0.1) is 23.1 Å². The zero-order chi connectivity index (χ0) is 18.0. The van der Waals surface area contributed by atoms with Crippen molar-refractivity contribution in [1.82, 2.24) is 14.6 Å². The predicted octanol–water partition coefficient (Wildman–Crippen LogP) is 2.14. The lowest BCUT2D eigenvalue weighted by atomic mass is 10.2. The summed E-state index contributed by atoms with van der Waals surface area (Å²) in [7, 11) is -3.70. The first-order valence-electron chi connectivity index (χ1n) is 7.73. The summed E-state index contributed by atoms with van der Waals surface area (Å²) in [6.07, 6.45) is 0. The van der Waals surface area contributed by atoms with Crippen molar-refractivity contribution in [3.63, 3.8) is 0 Å². The highest BCUT2D eigenvalue weighted by Gasteiger charge is 2.40. The Morgan fingerprint density at radius 2 is 2.12 bits per heavy atom. The summed E-state index contributed by atoms with van der Waals surface area (Å²) < 4.78 is 27.2. The van der Waals surface area contributed by atoms with Gasteiger partial charge in [-0.1, -0.05) is 18.2 Å². The van der Waals surface area contributed by atoms with Gasteiger partial charge in [-0.25, -0.2) is 13.4 Å². The molecule has 25 heavy (non-hydrogen) atoms. The van der Waals surface area contributed by atoms with Crippen molar-refractivity contribution in [2.75, 3.05) is 11.6 Å². The first-order valence-corrected chi connectivity index (χ1v) is 11.2. The van der Waals surface area contributed by atoms with Crippen LogP contribution in [0.25, 0.3) is 0 Å². The van der Waals surface area contributed by atoms with Gasteiger partial charge in [0.15, 0.2) is 0 Å². The van der Waals surface area contributed by atoms with Gasteiger partial charge in [0, 0.05) is 11.1 Å². The molecule has 9 heteroatoms. The molecule has 1 fully saturated rings. The molecule has 2 heterocycles. The number of aryl methyl sites for hydroxylation is 2. The van der Waals surface area contributed by atoms with E-state index in [4.69, 9.17) is 0 Å². The van der Waals surface area contributed by atoms with E-state index >= 15 is 0 Å². The minimum atomic E-state index is -3.70. The topological polar surface area (TPSA) is 79.4 Å². The summed E-state index contributed by atoms with van der Waals surface area (Å²) >= 11 is 2.96. The molecule has 0 bridgehead atoms. The van der Waals surface area contributed by atoms with Crippen molar-refractivity contribution in [3.8, 4) is 0 Å². The molecule has 1 aromatic heterocycles. The molecule has 0 spiro atoms. The number of carbonyl (C=O) groups excluding carboxylic acids is 1. The molecule has 1 N–H and O–H groups in total. The molecule has 0 aliphatic carbocycles. The number of sulfonamides is 1. The molecule has 0 unspecified atom stereocenters. The Balaban J connectivity index is 1.75. The van der Waals surface area contributed by atoms with Crippen molar-refractivity contribution in [2.24, 2.45) is 0 Å². The zero-order valence-corrected chi connectivity index (χ0v) is 16.4. The molecule has 0 radical (unpaired) electrons. The van der Waals surface area contributed by atoms with Gasteiger partial charge in [-0.05, 0) is 25.5 Å². The summed E-state index contributed by atoms with van der Waals surface area (Å²) in [5.41, 5.74) is 1.46. The van der Waals surface area contributed by atoms with Crippen molar-refractivity contribution in [1.29, 1.82) is 0 Å². The van der Waals surface area contributed by atoms with E-state index in [1.54, 1.807) is 31.2 Å². The highest BCUT2D eigenvalue weighted by Crippen LogP contribution is 2.29. The van der Waals surface area contributed by atoms with Gasteiger partial charge in [0.05, 0.1) is 28.0 Å². The Labute approximate surface area is 155 Å². The summed E-state index contributed by atoms with van der Waals surface area (Å²) in [5, 5.41) is 5.63. The summed E-state index contributed by atoms with van der Waals surface area (Å²) in [6.45, 7) is 3.97. The Bertz CT molecular complexity index is 880. The minimum Gasteiger partial charge on any atom is -0.349 e. The maximum absolute atomic E-state index is 13.0. The number of aromatic nitrogens is 1. The molecule has 0 saturated carbocycles. The SMILES string of the molecule is Cc1nc(CNC(=O)[C@H]2CSCN2S(=O)(=O)c2ccccc2C)cs1. The third-order valence-electron chi connectivity index (χ3n) is 3.94. The van der Waals surface area contributed by atoms with E-state index in [2.05, 4.69) is 10.3 Å². The van der Waals surface area contributed by atoms with Crippen LogP contribution in [-0.2, 0) is 21.4 Å². The lowest BCUT2D eigenvalue weighted by Gasteiger charge is -2.23. The number of carbonyl (C=O) groups is 1. The second-order valence-corrected chi connectivity index (χ2v) is 9.67. The quantitative estimate of drug-likeness (QED) is 0.836. The molecular formula is C16H19N3O3S3. The number of hydrogen-bond acceptors (Lipinski definition) is 6. The standard InChI is InChI=1S/C16H19N3O3S3/c1-11-5-3-4-6-15(11)25(21,22)19-10-23-9-14(19)16(20)17-7-13-8-24-12(2)18-13/h3-6,8,14H,7,9-10H2,1-2H3,(H,17,20)/t14-/m1/s1. The van der Waals surface area contributed by atoms with Crippen molar-refractivity contribution in [2.45, 2.75) is 31.3 Å². The Hall–Kier alpha value is -1.42. The molecule has 1 aliphatic heterocycles. The molecule has 1 amide bonds. The maximum atomic E-state index is 13.0. The fourth-order valence-corrected chi connectivity index (χ4v) is 6.62. The third-order valence-corrected chi connectivity index (χ3v) is 7.95. The maximum Gasteiger partial charge on any atom is 0.244 e. The second-order valence-electron chi connectivity index (χ2n) is 5.75. The third kappa shape index (κ3) is 3.89. The average molecular weight is 398 g/mol. The van der Waals surface area contributed by atoms with Gasteiger partial charge in [-0.3, -0.25) is 4.79 Å². The Morgan fingerprint density at radius 1 is 1.36 bits per heavy atom. The minimum absolute atomic E-state index is 0.255. The van der Waals surface area contributed by atoms with Gasteiger partial charge in [0.1, 0.15) is 6.04 Å². The first-order chi connectivity index (χ1) is 11.9. The molecule has 3 rings (SSSR count). The normalized spacial score (nSPS) is 18.4. The first kappa shape index (κ1) is 18.4. The van der Waals surface area contributed by atoms with Crippen molar-refractivity contribution < 1.29 is 13.2 Å². The molecule has 6 nitrogen and oxygen atoms in total. The smallest absolute Gasteiger partial charge is 0.244 e. The van der Waals surface area contributed by atoms with Crippen molar-refractivity contribution >= 4 is 39.0 Å². The van der Waals surface area contributed by atoms with Crippen LogP contribution in [0.5, 0.6) is 0 Å². The molecule has 1 aliphatic rings. The van der Waals surface area contributed by atoms with E-state index in [0.29, 0.717) is 17.9 Å².